The van der Waals surface area contributed by atoms with Crippen molar-refractivity contribution in [1.29, 1.82) is 0 Å². The SMILES string of the molecule is CS(=O)(=O)N1CC(CN=C(N)Nc2ccc(OC(F)(F)F)cc2)C1.I. The van der Waals surface area contributed by atoms with Gasteiger partial charge in [-0.1, -0.05) is 0 Å². The quantitative estimate of drug-likeness (QED) is 0.370. The van der Waals surface area contributed by atoms with Crippen LogP contribution in [0.4, 0.5) is 18.9 Å². The van der Waals surface area contributed by atoms with Gasteiger partial charge in [0.15, 0.2) is 5.96 Å². The Morgan fingerprint density at radius 2 is 1.92 bits per heavy atom. The van der Waals surface area contributed by atoms with Crippen LogP contribution in [-0.2, 0) is 10.0 Å². The molecule has 7 nitrogen and oxygen atoms in total. The molecule has 0 aliphatic carbocycles. The summed E-state index contributed by atoms with van der Waals surface area (Å²) in [5.74, 6) is -0.140. The third kappa shape index (κ3) is 7.23. The average Bonchev–Trinajstić information content (AvgIpc) is 2.36. The molecule has 1 aromatic rings. The number of alkyl halides is 3. The van der Waals surface area contributed by atoms with E-state index in [9.17, 15) is 21.6 Å². The van der Waals surface area contributed by atoms with Crippen molar-refractivity contribution < 1.29 is 26.3 Å². The highest BCUT2D eigenvalue weighted by Gasteiger charge is 2.33. The van der Waals surface area contributed by atoms with Crippen LogP contribution in [0.3, 0.4) is 0 Å². The number of nitrogens with one attached hydrogen (secondary N) is 1. The molecule has 0 amide bonds. The molecule has 1 saturated heterocycles. The summed E-state index contributed by atoms with van der Waals surface area (Å²) in [6, 6.07) is 5.05. The Hall–Kier alpha value is -1.28. The van der Waals surface area contributed by atoms with E-state index < -0.39 is 16.4 Å². The highest BCUT2D eigenvalue weighted by atomic mass is 127. The molecule has 12 heteroatoms. The fourth-order valence-corrected chi connectivity index (χ4v) is 3.03. The largest absolute Gasteiger partial charge is 0.573 e. The number of nitrogens with two attached hydrogens (primary N) is 1. The Kier molecular flexibility index (Phi) is 7.31. The molecule has 0 saturated carbocycles. The highest BCUT2D eigenvalue weighted by Crippen LogP contribution is 2.24. The van der Waals surface area contributed by atoms with E-state index in [1.807, 2.05) is 0 Å². The van der Waals surface area contributed by atoms with E-state index in [1.165, 1.54) is 16.4 Å². The molecule has 0 atom stereocenters. The topological polar surface area (TPSA) is 97.0 Å². The zero-order valence-corrected chi connectivity index (χ0v) is 16.3. The second-order valence-electron chi connectivity index (χ2n) is 5.37. The van der Waals surface area contributed by atoms with Crippen molar-refractivity contribution in [2.45, 2.75) is 6.36 Å². The van der Waals surface area contributed by atoms with Crippen LogP contribution in [0.25, 0.3) is 0 Å². The van der Waals surface area contributed by atoms with Gasteiger partial charge in [0.1, 0.15) is 5.75 Å². The number of hydrogen-bond donors (Lipinski definition) is 2. The molecular formula is C13H18F3IN4O3S. The van der Waals surface area contributed by atoms with Gasteiger partial charge < -0.3 is 15.8 Å². The molecule has 0 radical (unpaired) electrons. The van der Waals surface area contributed by atoms with E-state index in [4.69, 9.17) is 5.73 Å². The number of rotatable bonds is 5. The van der Waals surface area contributed by atoms with Gasteiger partial charge in [0.25, 0.3) is 0 Å². The molecule has 3 N–H and O–H groups in total. The van der Waals surface area contributed by atoms with E-state index in [1.54, 1.807) is 0 Å². The second kappa shape index (κ2) is 8.40. The lowest BCUT2D eigenvalue weighted by Crippen LogP contribution is -2.50. The van der Waals surface area contributed by atoms with Gasteiger partial charge in [-0.2, -0.15) is 0 Å². The number of ether oxygens (including phenoxy) is 1. The van der Waals surface area contributed by atoms with Gasteiger partial charge in [-0.15, -0.1) is 37.1 Å². The van der Waals surface area contributed by atoms with Crippen molar-refractivity contribution >= 4 is 45.6 Å². The smallest absolute Gasteiger partial charge is 0.406 e. The first kappa shape index (κ1) is 21.8. The van der Waals surface area contributed by atoms with Crippen molar-refractivity contribution in [3.05, 3.63) is 24.3 Å². The van der Waals surface area contributed by atoms with Crippen LogP contribution in [0.1, 0.15) is 0 Å². The Morgan fingerprint density at radius 1 is 1.36 bits per heavy atom. The summed E-state index contributed by atoms with van der Waals surface area (Å²) in [7, 11) is -3.16. The number of hydrogen-bond acceptors (Lipinski definition) is 4. The summed E-state index contributed by atoms with van der Waals surface area (Å²) in [6.45, 7) is 1.16. The predicted molar refractivity (Wildman–Crippen MR) is 98.6 cm³/mol. The van der Waals surface area contributed by atoms with Crippen molar-refractivity contribution in [1.82, 2.24) is 4.31 Å². The molecule has 25 heavy (non-hydrogen) atoms. The molecule has 0 spiro atoms. The third-order valence-corrected chi connectivity index (χ3v) is 4.51. The van der Waals surface area contributed by atoms with Crippen LogP contribution in [0.15, 0.2) is 29.3 Å². The van der Waals surface area contributed by atoms with E-state index in [0.29, 0.717) is 25.3 Å². The molecule has 0 bridgehead atoms. The van der Waals surface area contributed by atoms with Crippen LogP contribution < -0.4 is 15.8 Å². The molecule has 1 aliphatic rings. The van der Waals surface area contributed by atoms with Crippen LogP contribution in [0.5, 0.6) is 5.75 Å². The number of guanidine groups is 1. The molecule has 142 valence electrons. The Bertz CT molecular complexity index is 704. The monoisotopic (exact) mass is 494 g/mol. The van der Waals surface area contributed by atoms with Crippen molar-refractivity contribution in [2.75, 3.05) is 31.2 Å². The summed E-state index contributed by atoms with van der Waals surface area (Å²) in [6.07, 6.45) is -3.59. The second-order valence-corrected chi connectivity index (χ2v) is 7.35. The third-order valence-electron chi connectivity index (χ3n) is 3.27. The van der Waals surface area contributed by atoms with Gasteiger partial charge >= 0.3 is 6.36 Å². The minimum Gasteiger partial charge on any atom is -0.406 e. The van der Waals surface area contributed by atoms with Crippen LogP contribution >= 0.6 is 24.0 Å². The maximum absolute atomic E-state index is 12.1. The van der Waals surface area contributed by atoms with Gasteiger partial charge in [-0.05, 0) is 24.3 Å². The minimum absolute atomic E-state index is 0. The van der Waals surface area contributed by atoms with Gasteiger partial charge in [-0.3, -0.25) is 4.99 Å². The van der Waals surface area contributed by atoms with Crippen molar-refractivity contribution in [3.63, 3.8) is 0 Å². The zero-order valence-electron chi connectivity index (χ0n) is 13.2. The van der Waals surface area contributed by atoms with E-state index in [2.05, 4.69) is 15.0 Å². The van der Waals surface area contributed by atoms with Gasteiger partial charge in [-0.25, -0.2) is 12.7 Å². The molecule has 1 fully saturated rings. The maximum Gasteiger partial charge on any atom is 0.573 e. The normalized spacial score (nSPS) is 16.7. The predicted octanol–water partition coefficient (Wildman–Crippen LogP) is 1.82. The first-order chi connectivity index (χ1) is 11.0. The number of benzene rings is 1. The first-order valence-electron chi connectivity index (χ1n) is 6.91. The summed E-state index contributed by atoms with van der Waals surface area (Å²) in [5, 5.41) is 2.74. The first-order valence-corrected chi connectivity index (χ1v) is 8.75. The Balaban J connectivity index is 0.00000312. The lowest BCUT2D eigenvalue weighted by Gasteiger charge is -2.36. The van der Waals surface area contributed by atoms with E-state index in [-0.39, 0.29) is 41.6 Å². The fourth-order valence-electron chi connectivity index (χ4n) is 2.06. The number of sulfonamides is 1. The number of halogens is 4. The lowest BCUT2D eigenvalue weighted by molar-refractivity contribution is -0.274. The zero-order chi connectivity index (χ0) is 18.0. The van der Waals surface area contributed by atoms with Gasteiger partial charge in [0.05, 0.1) is 6.26 Å². The van der Waals surface area contributed by atoms with Crippen LogP contribution in [-0.4, -0.2) is 50.9 Å². The van der Waals surface area contributed by atoms with E-state index in [0.717, 1.165) is 18.4 Å². The number of anilines is 1. The summed E-state index contributed by atoms with van der Waals surface area (Å²) >= 11 is 0. The van der Waals surface area contributed by atoms with E-state index >= 15 is 0 Å². The molecule has 1 aromatic carbocycles. The van der Waals surface area contributed by atoms with Crippen molar-refractivity contribution in [3.8, 4) is 5.75 Å². The molecule has 2 rings (SSSR count). The standard InChI is InChI=1S/C13H17F3N4O3S.HI/c1-24(21,22)20-7-9(8-20)6-18-12(17)19-10-2-4-11(5-3-10)23-13(14,15)16;/h2-5,9H,6-8H2,1H3,(H3,17,18,19);1H. The summed E-state index contributed by atoms with van der Waals surface area (Å²) in [4.78, 5) is 4.09. The number of aliphatic imine (C=N–C) groups is 1. The molecule has 1 aliphatic heterocycles. The average molecular weight is 494 g/mol. The van der Waals surface area contributed by atoms with Crippen LogP contribution in [0, 0.1) is 5.92 Å². The lowest BCUT2D eigenvalue weighted by atomic mass is 10.0. The summed E-state index contributed by atoms with van der Waals surface area (Å²) < 4.78 is 63.7. The molecule has 1 heterocycles. The minimum atomic E-state index is -4.74. The Morgan fingerprint density at radius 3 is 2.40 bits per heavy atom. The van der Waals surface area contributed by atoms with Gasteiger partial charge in [0.2, 0.25) is 10.0 Å². The molecular weight excluding hydrogens is 476 g/mol. The summed E-state index contributed by atoms with van der Waals surface area (Å²) in [5.41, 5.74) is 6.14. The van der Waals surface area contributed by atoms with Crippen LogP contribution in [0.2, 0.25) is 0 Å². The highest BCUT2D eigenvalue weighted by molar-refractivity contribution is 14.0. The molecule has 0 unspecified atom stereocenters. The Labute approximate surface area is 160 Å². The van der Waals surface area contributed by atoms with Crippen molar-refractivity contribution in [2.24, 2.45) is 16.6 Å². The van der Waals surface area contributed by atoms with Gasteiger partial charge in [0, 0.05) is 31.2 Å². The fraction of sp³-hybridized carbons (Fsp3) is 0.462. The number of nitrogens with zero attached hydrogens (tertiary/aromatic N) is 2. The maximum atomic E-state index is 12.1. The molecule has 0 aromatic heterocycles.